The molecule has 0 saturated carbocycles. The van der Waals surface area contributed by atoms with Gasteiger partial charge >= 0.3 is 0 Å². The summed E-state index contributed by atoms with van der Waals surface area (Å²) in [7, 11) is 0. The Labute approximate surface area is 56.8 Å². The fraction of sp³-hybridized carbons (Fsp3) is 1.00. The summed E-state index contributed by atoms with van der Waals surface area (Å²) in [6.07, 6.45) is 3.92. The molecule has 1 aliphatic rings. The van der Waals surface area contributed by atoms with Gasteiger partial charge in [0, 0.05) is 0 Å². The van der Waals surface area contributed by atoms with Crippen molar-refractivity contribution in [1.29, 1.82) is 0 Å². The quantitative estimate of drug-likeness (QED) is 0.562. The number of rotatable bonds is 2. The highest BCUT2D eigenvalue weighted by Crippen LogP contribution is 2.11. The molecule has 9 heavy (non-hydrogen) atoms. The summed E-state index contributed by atoms with van der Waals surface area (Å²) in [5, 5.41) is 3.36. The van der Waals surface area contributed by atoms with E-state index in [0.29, 0.717) is 0 Å². The summed E-state index contributed by atoms with van der Waals surface area (Å²) in [6, 6.07) is 0. The SMILES string of the molecule is NCC[C@@H]1CCCNC1. The Morgan fingerprint density at radius 1 is 1.56 bits per heavy atom. The van der Waals surface area contributed by atoms with Crippen molar-refractivity contribution in [3.8, 4) is 0 Å². The number of nitrogens with two attached hydrogens (primary N) is 1. The predicted molar refractivity (Wildman–Crippen MR) is 39.3 cm³/mol. The lowest BCUT2D eigenvalue weighted by Crippen LogP contribution is -2.30. The molecule has 0 amide bonds. The highest BCUT2D eigenvalue weighted by molar-refractivity contribution is 4.68. The number of nitrogens with one attached hydrogen (secondary N) is 1. The zero-order valence-corrected chi connectivity index (χ0v) is 5.90. The van der Waals surface area contributed by atoms with Crippen LogP contribution in [0.4, 0.5) is 0 Å². The molecule has 0 unspecified atom stereocenters. The molecular formula is C7H16N2. The van der Waals surface area contributed by atoms with Crippen LogP contribution in [0.3, 0.4) is 0 Å². The Bertz CT molecular complexity index is 64.6. The molecule has 0 radical (unpaired) electrons. The minimum atomic E-state index is 0.854. The van der Waals surface area contributed by atoms with Crippen LogP contribution < -0.4 is 11.1 Å². The largest absolute Gasteiger partial charge is 0.330 e. The third-order valence-electron chi connectivity index (χ3n) is 1.97. The molecule has 0 aromatic heterocycles. The zero-order chi connectivity index (χ0) is 6.53. The normalized spacial score (nSPS) is 28.3. The van der Waals surface area contributed by atoms with Crippen molar-refractivity contribution in [2.75, 3.05) is 19.6 Å². The van der Waals surface area contributed by atoms with Crippen LogP contribution in [0.1, 0.15) is 19.3 Å². The topological polar surface area (TPSA) is 38.0 Å². The standard InChI is InChI=1S/C7H16N2/c8-4-3-7-2-1-5-9-6-7/h7,9H,1-6,8H2/t7-/m0/s1. The molecule has 0 aromatic rings. The van der Waals surface area contributed by atoms with E-state index in [1.807, 2.05) is 0 Å². The average Bonchev–Trinajstić information content (AvgIpc) is 1.91. The molecule has 54 valence electrons. The van der Waals surface area contributed by atoms with Crippen LogP contribution >= 0.6 is 0 Å². The smallest absolute Gasteiger partial charge is 0.00200 e. The molecule has 0 aliphatic carbocycles. The Morgan fingerprint density at radius 3 is 3.00 bits per heavy atom. The maximum atomic E-state index is 5.43. The number of hydrogen-bond donors (Lipinski definition) is 2. The third-order valence-corrected chi connectivity index (χ3v) is 1.97. The summed E-state index contributed by atoms with van der Waals surface area (Å²) in [4.78, 5) is 0. The van der Waals surface area contributed by atoms with Gasteiger partial charge in [0.2, 0.25) is 0 Å². The molecular weight excluding hydrogens is 112 g/mol. The van der Waals surface area contributed by atoms with E-state index in [4.69, 9.17) is 5.73 Å². The molecule has 1 atom stereocenters. The summed E-state index contributed by atoms with van der Waals surface area (Å²) in [6.45, 7) is 3.25. The highest BCUT2D eigenvalue weighted by atomic mass is 14.9. The van der Waals surface area contributed by atoms with Crippen LogP contribution in [0.25, 0.3) is 0 Å². The van der Waals surface area contributed by atoms with Gasteiger partial charge < -0.3 is 11.1 Å². The first-order valence-electron chi connectivity index (χ1n) is 3.84. The van der Waals surface area contributed by atoms with Crippen molar-refractivity contribution in [1.82, 2.24) is 5.32 Å². The van der Waals surface area contributed by atoms with E-state index in [1.54, 1.807) is 0 Å². The van der Waals surface area contributed by atoms with E-state index in [2.05, 4.69) is 5.32 Å². The van der Waals surface area contributed by atoms with E-state index in [9.17, 15) is 0 Å². The lowest BCUT2D eigenvalue weighted by atomic mass is 9.96. The second-order valence-corrected chi connectivity index (χ2v) is 2.79. The number of piperidine rings is 1. The number of hydrogen-bond acceptors (Lipinski definition) is 2. The zero-order valence-electron chi connectivity index (χ0n) is 5.90. The van der Waals surface area contributed by atoms with E-state index in [1.165, 1.54) is 32.4 Å². The molecule has 1 saturated heterocycles. The summed E-state index contributed by atoms with van der Waals surface area (Å²) < 4.78 is 0. The van der Waals surface area contributed by atoms with Crippen molar-refractivity contribution in [3.63, 3.8) is 0 Å². The van der Waals surface area contributed by atoms with Gasteiger partial charge in [-0.2, -0.15) is 0 Å². The minimum absolute atomic E-state index is 0.854. The van der Waals surface area contributed by atoms with E-state index in [-0.39, 0.29) is 0 Å². The van der Waals surface area contributed by atoms with Gasteiger partial charge in [-0.15, -0.1) is 0 Å². The summed E-state index contributed by atoms with van der Waals surface area (Å²) in [5.74, 6) is 0.865. The van der Waals surface area contributed by atoms with Gasteiger partial charge in [-0.25, -0.2) is 0 Å². The van der Waals surface area contributed by atoms with Gasteiger partial charge in [0.15, 0.2) is 0 Å². The van der Waals surface area contributed by atoms with Crippen LogP contribution in [0.15, 0.2) is 0 Å². The van der Waals surface area contributed by atoms with Gasteiger partial charge in [0.1, 0.15) is 0 Å². The first-order chi connectivity index (χ1) is 4.43. The summed E-state index contributed by atoms with van der Waals surface area (Å²) in [5.41, 5.74) is 5.43. The first kappa shape index (κ1) is 7.03. The molecule has 1 rings (SSSR count). The monoisotopic (exact) mass is 128 g/mol. The molecule has 2 heteroatoms. The predicted octanol–water partition coefficient (Wildman–Crippen LogP) is 0.335. The maximum Gasteiger partial charge on any atom is -0.00200 e. The van der Waals surface area contributed by atoms with Crippen LogP contribution in [0, 0.1) is 5.92 Å². The van der Waals surface area contributed by atoms with Crippen molar-refractivity contribution < 1.29 is 0 Å². The van der Waals surface area contributed by atoms with Crippen LogP contribution in [-0.4, -0.2) is 19.6 Å². The highest BCUT2D eigenvalue weighted by Gasteiger charge is 2.10. The second-order valence-electron chi connectivity index (χ2n) is 2.79. The van der Waals surface area contributed by atoms with Gasteiger partial charge in [0.05, 0.1) is 0 Å². The molecule has 1 fully saturated rings. The second kappa shape index (κ2) is 3.85. The Kier molecular flexibility index (Phi) is 3.01. The lowest BCUT2D eigenvalue weighted by molar-refractivity contribution is 0.362. The van der Waals surface area contributed by atoms with Gasteiger partial charge in [-0.05, 0) is 44.8 Å². The first-order valence-corrected chi connectivity index (χ1v) is 3.84. The van der Waals surface area contributed by atoms with Gasteiger partial charge in [0.25, 0.3) is 0 Å². The summed E-state index contributed by atoms with van der Waals surface area (Å²) >= 11 is 0. The van der Waals surface area contributed by atoms with E-state index < -0.39 is 0 Å². The van der Waals surface area contributed by atoms with Crippen LogP contribution in [0.2, 0.25) is 0 Å². The average molecular weight is 128 g/mol. The molecule has 0 aromatic carbocycles. The fourth-order valence-electron chi connectivity index (χ4n) is 1.41. The molecule has 2 nitrogen and oxygen atoms in total. The Morgan fingerprint density at radius 2 is 2.44 bits per heavy atom. The Balaban J connectivity index is 2.08. The molecule has 3 N–H and O–H groups in total. The van der Waals surface area contributed by atoms with Crippen LogP contribution in [0.5, 0.6) is 0 Å². The van der Waals surface area contributed by atoms with E-state index in [0.717, 1.165) is 12.5 Å². The van der Waals surface area contributed by atoms with Crippen molar-refractivity contribution >= 4 is 0 Å². The Hall–Kier alpha value is -0.0800. The van der Waals surface area contributed by atoms with E-state index >= 15 is 0 Å². The van der Waals surface area contributed by atoms with Crippen LogP contribution in [-0.2, 0) is 0 Å². The minimum Gasteiger partial charge on any atom is -0.330 e. The van der Waals surface area contributed by atoms with Gasteiger partial charge in [-0.1, -0.05) is 0 Å². The molecule has 1 aliphatic heterocycles. The van der Waals surface area contributed by atoms with Crippen molar-refractivity contribution in [2.45, 2.75) is 19.3 Å². The lowest BCUT2D eigenvalue weighted by Gasteiger charge is -2.21. The van der Waals surface area contributed by atoms with Crippen molar-refractivity contribution in [2.24, 2.45) is 11.7 Å². The third kappa shape index (κ3) is 2.33. The molecule has 0 bridgehead atoms. The molecule has 1 heterocycles. The maximum absolute atomic E-state index is 5.43. The molecule has 0 spiro atoms. The van der Waals surface area contributed by atoms with Crippen molar-refractivity contribution in [3.05, 3.63) is 0 Å². The van der Waals surface area contributed by atoms with Gasteiger partial charge in [-0.3, -0.25) is 0 Å². The fourth-order valence-corrected chi connectivity index (χ4v) is 1.41.